The van der Waals surface area contributed by atoms with Crippen molar-refractivity contribution in [1.29, 1.82) is 0 Å². The fourth-order valence-corrected chi connectivity index (χ4v) is 1.30. The van der Waals surface area contributed by atoms with Crippen LogP contribution in [0.4, 0.5) is 0 Å². The molecule has 76 valence electrons. The van der Waals surface area contributed by atoms with E-state index in [0.717, 1.165) is 5.69 Å². The number of carbonyl (C=O) groups excluding carboxylic acids is 1. The molecule has 0 saturated heterocycles. The van der Waals surface area contributed by atoms with Crippen LogP contribution in [0, 0.1) is 6.92 Å². The lowest BCUT2D eigenvalue weighted by Crippen LogP contribution is -2.03. The average Bonchev–Trinajstić information content (AvgIpc) is 2.65. The van der Waals surface area contributed by atoms with Crippen molar-refractivity contribution in [3.8, 4) is 5.82 Å². The first-order valence-corrected chi connectivity index (χ1v) is 4.59. The normalized spacial score (nSPS) is 10.3. The second-order valence-electron chi connectivity index (χ2n) is 2.92. The molecule has 2 heterocycles. The highest BCUT2D eigenvalue weighted by Crippen LogP contribution is 2.15. The quantitative estimate of drug-likeness (QED) is 0.722. The monoisotopic (exact) mass is 222 g/mol. The number of nitrogens with zero attached hydrogens (tertiary/aromatic N) is 4. The first-order chi connectivity index (χ1) is 7.20. The van der Waals surface area contributed by atoms with Crippen LogP contribution in [0.15, 0.2) is 18.5 Å². The van der Waals surface area contributed by atoms with Crippen LogP contribution in [-0.2, 0) is 0 Å². The Morgan fingerprint density at radius 3 is 2.93 bits per heavy atom. The summed E-state index contributed by atoms with van der Waals surface area (Å²) in [7, 11) is 0. The molecule has 6 heteroatoms. The van der Waals surface area contributed by atoms with Gasteiger partial charge in [0.05, 0.1) is 11.9 Å². The molecular weight excluding hydrogens is 216 g/mol. The number of carbonyl (C=O) groups is 1. The largest absolute Gasteiger partial charge is 0.294 e. The minimum atomic E-state index is 0.0857. The van der Waals surface area contributed by atoms with Gasteiger partial charge < -0.3 is 0 Å². The zero-order valence-corrected chi connectivity index (χ0v) is 8.64. The van der Waals surface area contributed by atoms with Gasteiger partial charge in [0.15, 0.2) is 17.9 Å². The molecule has 2 rings (SSSR count). The van der Waals surface area contributed by atoms with E-state index in [4.69, 9.17) is 11.6 Å². The predicted octanol–water partition coefficient (Wildman–Crippen LogP) is 1.44. The maximum Gasteiger partial charge on any atom is 0.194 e. The Bertz CT molecular complexity index is 509. The molecule has 0 bridgehead atoms. The highest BCUT2D eigenvalue weighted by atomic mass is 35.5. The van der Waals surface area contributed by atoms with Gasteiger partial charge in [0, 0.05) is 6.20 Å². The lowest BCUT2D eigenvalue weighted by molar-refractivity contribution is 0.111. The highest BCUT2D eigenvalue weighted by molar-refractivity contribution is 6.32. The molecule has 0 unspecified atom stereocenters. The van der Waals surface area contributed by atoms with E-state index in [-0.39, 0.29) is 5.82 Å². The van der Waals surface area contributed by atoms with Crippen molar-refractivity contribution in [1.82, 2.24) is 19.7 Å². The number of halogens is 1. The standard InChI is InChI=1S/C9H7ClN4O/c1-6-2-3-14(13-6)9-7(10)4-11-8(5-15)12-9/h2-5H,1H3. The Morgan fingerprint density at radius 1 is 1.53 bits per heavy atom. The molecule has 0 aliphatic heterocycles. The Labute approximate surface area is 90.7 Å². The van der Waals surface area contributed by atoms with E-state index in [2.05, 4.69) is 15.1 Å². The number of rotatable bonds is 2. The van der Waals surface area contributed by atoms with Crippen LogP contribution in [-0.4, -0.2) is 26.0 Å². The van der Waals surface area contributed by atoms with Gasteiger partial charge in [-0.2, -0.15) is 5.10 Å². The molecule has 0 N–H and O–H groups in total. The molecule has 15 heavy (non-hydrogen) atoms. The third-order valence-electron chi connectivity index (χ3n) is 1.79. The maximum atomic E-state index is 10.5. The van der Waals surface area contributed by atoms with Crippen molar-refractivity contribution < 1.29 is 4.79 Å². The lowest BCUT2D eigenvalue weighted by Gasteiger charge is -2.02. The Hall–Kier alpha value is -1.75. The molecule has 0 saturated carbocycles. The molecular formula is C9H7ClN4O. The van der Waals surface area contributed by atoms with Crippen LogP contribution in [0.2, 0.25) is 5.02 Å². The van der Waals surface area contributed by atoms with Crippen molar-refractivity contribution >= 4 is 17.9 Å². The summed E-state index contributed by atoms with van der Waals surface area (Å²) < 4.78 is 1.51. The summed E-state index contributed by atoms with van der Waals surface area (Å²) in [5.41, 5.74) is 0.845. The number of aldehydes is 1. The summed E-state index contributed by atoms with van der Waals surface area (Å²) in [5, 5.41) is 4.49. The highest BCUT2D eigenvalue weighted by Gasteiger charge is 2.07. The number of aryl methyl sites for hydroxylation is 1. The van der Waals surface area contributed by atoms with Crippen molar-refractivity contribution in [2.45, 2.75) is 6.92 Å². The van der Waals surface area contributed by atoms with E-state index in [0.29, 0.717) is 17.1 Å². The van der Waals surface area contributed by atoms with Gasteiger partial charge in [-0.3, -0.25) is 4.79 Å². The third-order valence-corrected chi connectivity index (χ3v) is 2.06. The van der Waals surface area contributed by atoms with Crippen molar-refractivity contribution in [3.05, 3.63) is 35.0 Å². The van der Waals surface area contributed by atoms with Crippen molar-refractivity contribution in [3.63, 3.8) is 0 Å². The van der Waals surface area contributed by atoms with E-state index in [9.17, 15) is 4.79 Å². The van der Waals surface area contributed by atoms with Crippen LogP contribution in [0.1, 0.15) is 16.3 Å². The number of aromatic nitrogens is 4. The average molecular weight is 223 g/mol. The van der Waals surface area contributed by atoms with Gasteiger partial charge in [0.25, 0.3) is 0 Å². The molecule has 0 aromatic carbocycles. The van der Waals surface area contributed by atoms with Crippen LogP contribution in [0.3, 0.4) is 0 Å². The van der Waals surface area contributed by atoms with Crippen LogP contribution in [0.25, 0.3) is 5.82 Å². The van der Waals surface area contributed by atoms with E-state index in [1.807, 2.05) is 13.0 Å². The molecule has 0 amide bonds. The molecule has 0 aliphatic rings. The van der Waals surface area contributed by atoms with E-state index >= 15 is 0 Å². The van der Waals surface area contributed by atoms with Gasteiger partial charge in [0.2, 0.25) is 0 Å². The van der Waals surface area contributed by atoms with E-state index < -0.39 is 0 Å². The minimum Gasteiger partial charge on any atom is -0.294 e. The van der Waals surface area contributed by atoms with Crippen LogP contribution in [0.5, 0.6) is 0 Å². The van der Waals surface area contributed by atoms with Gasteiger partial charge in [-0.05, 0) is 13.0 Å². The summed E-state index contributed by atoms with van der Waals surface area (Å²) >= 11 is 5.90. The van der Waals surface area contributed by atoms with E-state index in [1.54, 1.807) is 6.20 Å². The number of hydrogen-bond acceptors (Lipinski definition) is 4. The SMILES string of the molecule is Cc1ccn(-c2nc(C=O)ncc2Cl)n1. The Kier molecular flexibility index (Phi) is 2.47. The molecule has 5 nitrogen and oxygen atoms in total. The molecule has 0 radical (unpaired) electrons. The molecule has 2 aromatic rings. The van der Waals surface area contributed by atoms with Gasteiger partial charge in [-0.1, -0.05) is 11.6 Å². The van der Waals surface area contributed by atoms with E-state index in [1.165, 1.54) is 10.9 Å². The van der Waals surface area contributed by atoms with Gasteiger partial charge in [-0.15, -0.1) is 0 Å². The van der Waals surface area contributed by atoms with Crippen molar-refractivity contribution in [2.75, 3.05) is 0 Å². The predicted molar refractivity (Wildman–Crippen MR) is 54.3 cm³/mol. The summed E-state index contributed by atoms with van der Waals surface area (Å²) in [4.78, 5) is 18.2. The summed E-state index contributed by atoms with van der Waals surface area (Å²) in [6, 6.07) is 1.82. The summed E-state index contributed by atoms with van der Waals surface area (Å²) in [6.45, 7) is 1.85. The molecule has 0 aliphatic carbocycles. The third kappa shape index (κ3) is 1.87. The van der Waals surface area contributed by atoms with Crippen molar-refractivity contribution in [2.24, 2.45) is 0 Å². The minimum absolute atomic E-state index is 0.0857. The maximum absolute atomic E-state index is 10.5. The zero-order valence-electron chi connectivity index (χ0n) is 7.88. The first kappa shape index (κ1) is 9.79. The first-order valence-electron chi connectivity index (χ1n) is 4.21. The van der Waals surface area contributed by atoms with Crippen LogP contribution < -0.4 is 0 Å². The summed E-state index contributed by atoms with van der Waals surface area (Å²) in [6.07, 6.45) is 3.67. The molecule has 0 atom stereocenters. The fourth-order valence-electron chi connectivity index (χ4n) is 1.12. The van der Waals surface area contributed by atoms with Gasteiger partial charge >= 0.3 is 0 Å². The van der Waals surface area contributed by atoms with Crippen LogP contribution >= 0.6 is 11.6 Å². The number of hydrogen-bond donors (Lipinski definition) is 0. The smallest absolute Gasteiger partial charge is 0.194 e. The Morgan fingerprint density at radius 2 is 2.33 bits per heavy atom. The van der Waals surface area contributed by atoms with Gasteiger partial charge in [-0.25, -0.2) is 14.6 Å². The topological polar surface area (TPSA) is 60.7 Å². The zero-order chi connectivity index (χ0) is 10.8. The molecule has 2 aromatic heterocycles. The lowest BCUT2D eigenvalue weighted by atomic mass is 10.5. The van der Waals surface area contributed by atoms with Gasteiger partial charge in [0.1, 0.15) is 5.02 Å². The summed E-state index contributed by atoms with van der Waals surface area (Å²) in [5.74, 6) is 0.490. The second kappa shape index (κ2) is 3.78. The molecule has 0 spiro atoms. The molecule has 0 fully saturated rings. The second-order valence-corrected chi connectivity index (χ2v) is 3.33. The Balaban J connectivity index is 2.55. The fraction of sp³-hybridized carbons (Fsp3) is 0.111.